The Bertz CT molecular complexity index is 488. The van der Waals surface area contributed by atoms with Crippen LogP contribution >= 0.6 is 24.0 Å². The summed E-state index contributed by atoms with van der Waals surface area (Å²) in [6.07, 6.45) is 5.18. The number of benzene rings is 1. The third-order valence-corrected chi connectivity index (χ3v) is 5.46. The summed E-state index contributed by atoms with van der Waals surface area (Å²) in [5.74, 6) is 1.91. The number of thioether (sulfide) groups is 1. The molecule has 0 bridgehead atoms. The van der Waals surface area contributed by atoms with E-state index in [0.29, 0.717) is 4.99 Å². The van der Waals surface area contributed by atoms with Gasteiger partial charge in [0.25, 0.3) is 0 Å². The van der Waals surface area contributed by atoms with Crippen LogP contribution in [0.25, 0.3) is 0 Å². The van der Waals surface area contributed by atoms with Crippen LogP contribution in [0.4, 0.5) is 5.69 Å². The Morgan fingerprint density at radius 1 is 1.33 bits per heavy atom. The van der Waals surface area contributed by atoms with Gasteiger partial charge in [-0.25, -0.2) is 0 Å². The fourth-order valence-electron chi connectivity index (χ4n) is 3.12. The predicted molar refractivity (Wildman–Crippen MR) is 98.6 cm³/mol. The van der Waals surface area contributed by atoms with Crippen LogP contribution in [0.15, 0.2) is 23.1 Å². The predicted octanol–water partition coefficient (Wildman–Crippen LogP) is 4.45. The van der Waals surface area contributed by atoms with E-state index in [-0.39, 0.29) is 0 Å². The van der Waals surface area contributed by atoms with Crippen molar-refractivity contribution in [2.24, 2.45) is 11.7 Å². The van der Waals surface area contributed by atoms with Crippen LogP contribution in [0.5, 0.6) is 0 Å². The van der Waals surface area contributed by atoms with Crippen LogP contribution in [0.1, 0.15) is 45.1 Å². The summed E-state index contributed by atoms with van der Waals surface area (Å²) in [4.78, 5) is 4.24. The standard InChI is InChI=1S/C17H26N2S2/c1-3-13-7-6-11-19(12-10-13)14-8-5-9-15(21-4-2)16(14)17(18)20/h5,8-9,13H,3-4,6-7,10-12H2,1-2H3,(H2,18,20). The average molecular weight is 323 g/mol. The molecule has 2 N–H and O–H groups in total. The number of rotatable bonds is 5. The normalized spacial score (nSPS) is 19.3. The fraction of sp³-hybridized carbons (Fsp3) is 0.588. The summed E-state index contributed by atoms with van der Waals surface area (Å²) in [6.45, 7) is 6.71. The largest absolute Gasteiger partial charge is 0.389 e. The van der Waals surface area contributed by atoms with E-state index in [9.17, 15) is 0 Å². The highest BCUT2D eigenvalue weighted by Gasteiger charge is 2.20. The maximum atomic E-state index is 6.04. The van der Waals surface area contributed by atoms with Gasteiger partial charge >= 0.3 is 0 Å². The van der Waals surface area contributed by atoms with Gasteiger partial charge in [0.2, 0.25) is 0 Å². The molecule has 116 valence electrons. The van der Waals surface area contributed by atoms with Crippen LogP contribution < -0.4 is 10.6 Å². The van der Waals surface area contributed by atoms with E-state index in [2.05, 4.69) is 36.9 Å². The first-order chi connectivity index (χ1) is 10.2. The summed E-state index contributed by atoms with van der Waals surface area (Å²) in [6, 6.07) is 6.45. The molecule has 4 heteroatoms. The van der Waals surface area contributed by atoms with E-state index < -0.39 is 0 Å². The quantitative estimate of drug-likeness (QED) is 0.640. The lowest BCUT2D eigenvalue weighted by Crippen LogP contribution is -2.27. The Balaban J connectivity index is 2.29. The van der Waals surface area contributed by atoms with Crippen molar-refractivity contribution >= 4 is 34.7 Å². The molecule has 0 spiro atoms. The molecule has 21 heavy (non-hydrogen) atoms. The monoisotopic (exact) mass is 322 g/mol. The molecule has 0 saturated carbocycles. The summed E-state index contributed by atoms with van der Waals surface area (Å²) in [7, 11) is 0. The lowest BCUT2D eigenvalue weighted by atomic mass is 9.98. The number of hydrogen-bond donors (Lipinski definition) is 1. The van der Waals surface area contributed by atoms with E-state index in [1.807, 2.05) is 11.8 Å². The Labute approximate surface area is 138 Å². The van der Waals surface area contributed by atoms with Crippen LogP contribution in [0.3, 0.4) is 0 Å². The first kappa shape index (κ1) is 16.6. The van der Waals surface area contributed by atoms with Crippen molar-refractivity contribution in [3.8, 4) is 0 Å². The molecule has 0 radical (unpaired) electrons. The van der Waals surface area contributed by atoms with E-state index in [0.717, 1.165) is 30.3 Å². The molecule has 1 aromatic rings. The number of hydrogen-bond acceptors (Lipinski definition) is 3. The van der Waals surface area contributed by atoms with Gasteiger partial charge in [0.15, 0.2) is 0 Å². The summed E-state index contributed by atoms with van der Waals surface area (Å²) < 4.78 is 0. The molecule has 1 aliphatic heterocycles. The third kappa shape index (κ3) is 4.13. The lowest BCUT2D eigenvalue weighted by Gasteiger charge is -2.26. The van der Waals surface area contributed by atoms with Crippen molar-refractivity contribution in [1.29, 1.82) is 0 Å². The van der Waals surface area contributed by atoms with Gasteiger partial charge in [-0.15, -0.1) is 11.8 Å². The third-order valence-electron chi connectivity index (χ3n) is 4.32. The molecule has 0 aliphatic carbocycles. The van der Waals surface area contributed by atoms with Crippen molar-refractivity contribution in [3.63, 3.8) is 0 Å². The molecule has 1 aliphatic rings. The molecule has 0 aromatic heterocycles. The van der Waals surface area contributed by atoms with Gasteiger partial charge in [-0.2, -0.15) is 0 Å². The van der Waals surface area contributed by atoms with Gasteiger partial charge in [0.05, 0.1) is 0 Å². The van der Waals surface area contributed by atoms with Crippen molar-refractivity contribution in [3.05, 3.63) is 23.8 Å². The Morgan fingerprint density at radius 2 is 2.14 bits per heavy atom. The van der Waals surface area contributed by atoms with E-state index >= 15 is 0 Å². The topological polar surface area (TPSA) is 29.3 Å². The molecule has 2 rings (SSSR count). The minimum Gasteiger partial charge on any atom is -0.389 e. The Kier molecular flexibility index (Phi) is 6.37. The van der Waals surface area contributed by atoms with Crippen molar-refractivity contribution in [1.82, 2.24) is 0 Å². The molecule has 1 unspecified atom stereocenters. The molecule has 1 heterocycles. The molecule has 0 amide bonds. The molecular formula is C17H26N2S2. The zero-order chi connectivity index (χ0) is 15.2. The average Bonchev–Trinajstić information content (AvgIpc) is 2.72. The van der Waals surface area contributed by atoms with Gasteiger partial charge in [0, 0.05) is 29.2 Å². The van der Waals surface area contributed by atoms with Crippen LogP contribution in [0, 0.1) is 5.92 Å². The molecule has 1 saturated heterocycles. The maximum absolute atomic E-state index is 6.04. The van der Waals surface area contributed by atoms with Crippen LogP contribution in [-0.2, 0) is 0 Å². The second kappa shape index (κ2) is 8.04. The molecule has 2 nitrogen and oxygen atoms in total. The number of thiocarbonyl (C=S) groups is 1. The highest BCUT2D eigenvalue weighted by Crippen LogP contribution is 2.33. The summed E-state index contributed by atoms with van der Waals surface area (Å²) in [5, 5.41) is 0. The van der Waals surface area contributed by atoms with Crippen molar-refractivity contribution in [2.45, 2.75) is 44.4 Å². The van der Waals surface area contributed by atoms with Crippen molar-refractivity contribution in [2.75, 3.05) is 23.7 Å². The SMILES string of the molecule is CCSc1cccc(N2CCCC(CC)CC2)c1C(N)=S. The smallest absolute Gasteiger partial charge is 0.107 e. The van der Waals surface area contributed by atoms with Crippen LogP contribution in [-0.4, -0.2) is 23.8 Å². The maximum Gasteiger partial charge on any atom is 0.107 e. The summed E-state index contributed by atoms with van der Waals surface area (Å²) >= 11 is 7.16. The highest BCUT2D eigenvalue weighted by atomic mass is 32.2. The molecule has 1 aromatic carbocycles. The van der Waals surface area contributed by atoms with E-state index in [1.165, 1.54) is 36.3 Å². The lowest BCUT2D eigenvalue weighted by molar-refractivity contribution is 0.459. The summed E-state index contributed by atoms with van der Waals surface area (Å²) in [5.41, 5.74) is 8.35. The van der Waals surface area contributed by atoms with E-state index in [1.54, 1.807) is 0 Å². The van der Waals surface area contributed by atoms with Gasteiger partial charge in [-0.05, 0) is 43.1 Å². The molecular weight excluding hydrogens is 296 g/mol. The zero-order valence-corrected chi connectivity index (χ0v) is 14.7. The Morgan fingerprint density at radius 3 is 2.81 bits per heavy atom. The second-order valence-corrected chi connectivity index (χ2v) is 7.39. The number of nitrogens with zero attached hydrogens (tertiary/aromatic N) is 1. The first-order valence-corrected chi connectivity index (χ1v) is 9.37. The highest BCUT2D eigenvalue weighted by molar-refractivity contribution is 7.99. The molecule has 1 atom stereocenters. The van der Waals surface area contributed by atoms with Gasteiger partial charge < -0.3 is 10.6 Å². The van der Waals surface area contributed by atoms with Crippen molar-refractivity contribution < 1.29 is 0 Å². The fourth-order valence-corrected chi connectivity index (χ4v) is 4.24. The molecule has 1 fully saturated rings. The Hall–Kier alpha value is -0.740. The second-order valence-electron chi connectivity index (χ2n) is 5.64. The van der Waals surface area contributed by atoms with Gasteiger partial charge in [0.1, 0.15) is 4.99 Å². The number of nitrogens with two attached hydrogens (primary N) is 1. The van der Waals surface area contributed by atoms with Crippen LogP contribution in [0.2, 0.25) is 0 Å². The van der Waals surface area contributed by atoms with Gasteiger partial charge in [-0.1, -0.05) is 38.6 Å². The minimum atomic E-state index is 0.526. The van der Waals surface area contributed by atoms with Gasteiger partial charge in [-0.3, -0.25) is 0 Å². The number of anilines is 1. The minimum absolute atomic E-state index is 0.526. The first-order valence-electron chi connectivity index (χ1n) is 7.97. The van der Waals surface area contributed by atoms with E-state index in [4.69, 9.17) is 18.0 Å². The zero-order valence-electron chi connectivity index (χ0n) is 13.1.